The third kappa shape index (κ3) is 4.45. The summed E-state index contributed by atoms with van der Waals surface area (Å²) in [5, 5.41) is 5.89. The second-order valence-electron chi connectivity index (χ2n) is 8.28. The van der Waals surface area contributed by atoms with Gasteiger partial charge in [0.05, 0.1) is 6.20 Å². The summed E-state index contributed by atoms with van der Waals surface area (Å²) < 4.78 is 30.7. The molecule has 4 rings (SSSR count). The summed E-state index contributed by atoms with van der Waals surface area (Å²) in [6.07, 6.45) is 4.10. The van der Waals surface area contributed by atoms with Gasteiger partial charge in [-0.1, -0.05) is 11.6 Å². The number of hydrogen-bond donors (Lipinski definition) is 3. The van der Waals surface area contributed by atoms with Crippen LogP contribution in [0.4, 0.5) is 26.4 Å². The molecule has 0 spiro atoms. The molecule has 32 heavy (non-hydrogen) atoms. The average Bonchev–Trinajstić information content (AvgIpc) is 3.07. The number of amides is 1. The third-order valence-corrected chi connectivity index (χ3v) is 5.78. The Morgan fingerprint density at radius 3 is 2.44 bits per heavy atom. The summed E-state index contributed by atoms with van der Waals surface area (Å²) in [4.78, 5) is 25.0. The Morgan fingerprint density at radius 1 is 1.19 bits per heavy atom. The van der Waals surface area contributed by atoms with Crippen molar-refractivity contribution in [2.75, 3.05) is 10.6 Å². The summed E-state index contributed by atoms with van der Waals surface area (Å²) in [5.41, 5.74) is 6.13. The van der Waals surface area contributed by atoms with Gasteiger partial charge in [-0.15, -0.1) is 0 Å². The van der Waals surface area contributed by atoms with Gasteiger partial charge in [0.25, 0.3) is 0 Å². The van der Waals surface area contributed by atoms with E-state index in [0.29, 0.717) is 42.8 Å². The van der Waals surface area contributed by atoms with Gasteiger partial charge in [-0.2, -0.15) is 4.98 Å². The van der Waals surface area contributed by atoms with Gasteiger partial charge in [0.15, 0.2) is 17.3 Å². The van der Waals surface area contributed by atoms with Crippen molar-refractivity contribution in [1.29, 1.82) is 0 Å². The van der Waals surface area contributed by atoms with Crippen molar-refractivity contribution in [3.8, 4) is 0 Å². The Hall–Kier alpha value is -3.01. The number of nitrogens with one attached hydrogen (secondary N) is 2. The number of nitrogens with zero attached hydrogens (tertiary/aromatic N) is 4. The minimum Gasteiger partial charge on any atom is -0.369 e. The molecule has 11 heteroatoms. The predicted octanol–water partition coefficient (Wildman–Crippen LogP) is 4.54. The van der Waals surface area contributed by atoms with Crippen LogP contribution >= 0.6 is 11.6 Å². The van der Waals surface area contributed by atoms with Crippen molar-refractivity contribution in [2.24, 2.45) is 11.7 Å². The molecule has 1 amide bonds. The van der Waals surface area contributed by atoms with Gasteiger partial charge in [0, 0.05) is 23.0 Å². The molecule has 8 nitrogen and oxygen atoms in total. The number of rotatable bonds is 6. The van der Waals surface area contributed by atoms with Crippen LogP contribution in [-0.2, 0) is 4.79 Å². The van der Waals surface area contributed by atoms with E-state index in [9.17, 15) is 13.6 Å². The van der Waals surface area contributed by atoms with Crippen molar-refractivity contribution in [3.63, 3.8) is 0 Å². The van der Waals surface area contributed by atoms with Crippen LogP contribution in [0.3, 0.4) is 0 Å². The fourth-order valence-corrected chi connectivity index (χ4v) is 4.24. The van der Waals surface area contributed by atoms with Gasteiger partial charge in [0.2, 0.25) is 17.8 Å². The molecule has 1 aliphatic rings. The van der Waals surface area contributed by atoms with E-state index in [0.717, 1.165) is 12.1 Å². The van der Waals surface area contributed by atoms with E-state index in [4.69, 9.17) is 17.3 Å². The van der Waals surface area contributed by atoms with Gasteiger partial charge in [-0.25, -0.2) is 18.7 Å². The fraction of sp³-hybridized carbons (Fsp3) is 0.429. The number of imidazole rings is 1. The summed E-state index contributed by atoms with van der Waals surface area (Å²) in [5.74, 6) is -1.50. The molecule has 0 aliphatic heterocycles. The summed E-state index contributed by atoms with van der Waals surface area (Å²) in [6.45, 7) is 3.93. The minimum atomic E-state index is -0.834. The molecule has 1 aliphatic carbocycles. The molecular weight excluding hydrogens is 440 g/mol. The number of aromatic nitrogens is 4. The molecule has 170 valence electrons. The van der Waals surface area contributed by atoms with Crippen molar-refractivity contribution < 1.29 is 13.6 Å². The van der Waals surface area contributed by atoms with Crippen LogP contribution in [0.15, 0.2) is 18.3 Å². The highest BCUT2D eigenvalue weighted by Crippen LogP contribution is 2.37. The van der Waals surface area contributed by atoms with Crippen LogP contribution < -0.4 is 16.4 Å². The summed E-state index contributed by atoms with van der Waals surface area (Å²) in [7, 11) is 0. The largest absolute Gasteiger partial charge is 0.369 e. The molecule has 2 aromatic heterocycles. The number of nitrogens with two attached hydrogens (primary N) is 1. The quantitative estimate of drug-likeness (QED) is 0.495. The molecule has 0 bridgehead atoms. The zero-order valence-corrected chi connectivity index (χ0v) is 18.5. The first kappa shape index (κ1) is 22.2. The van der Waals surface area contributed by atoms with E-state index in [-0.39, 0.29) is 40.6 Å². The van der Waals surface area contributed by atoms with Crippen molar-refractivity contribution in [3.05, 3.63) is 35.0 Å². The lowest BCUT2D eigenvalue weighted by Gasteiger charge is -2.29. The third-order valence-electron chi connectivity index (χ3n) is 5.56. The zero-order valence-electron chi connectivity index (χ0n) is 17.7. The number of benzene rings is 1. The molecular formula is C21H24ClF2N7O. The highest BCUT2D eigenvalue weighted by molar-refractivity contribution is 6.30. The number of primary amides is 1. The zero-order chi connectivity index (χ0) is 23.0. The van der Waals surface area contributed by atoms with Gasteiger partial charge in [-0.3, -0.25) is 9.36 Å². The Kier molecular flexibility index (Phi) is 6.14. The first-order valence-corrected chi connectivity index (χ1v) is 10.8. The molecule has 1 fully saturated rings. The van der Waals surface area contributed by atoms with Crippen LogP contribution in [0.5, 0.6) is 0 Å². The smallest absolute Gasteiger partial charge is 0.224 e. The van der Waals surface area contributed by atoms with Gasteiger partial charge >= 0.3 is 0 Å². The Labute approximate surface area is 188 Å². The molecule has 0 radical (unpaired) electrons. The lowest BCUT2D eigenvalue weighted by molar-refractivity contribution is -0.122. The number of anilines is 3. The highest BCUT2D eigenvalue weighted by atomic mass is 35.5. The topological polar surface area (TPSA) is 111 Å². The van der Waals surface area contributed by atoms with E-state index in [2.05, 4.69) is 25.6 Å². The van der Waals surface area contributed by atoms with E-state index >= 15 is 0 Å². The summed E-state index contributed by atoms with van der Waals surface area (Å²) >= 11 is 5.75. The number of hydrogen-bond acceptors (Lipinski definition) is 6. The molecule has 0 atom stereocenters. The van der Waals surface area contributed by atoms with E-state index in [1.54, 1.807) is 6.20 Å². The van der Waals surface area contributed by atoms with Gasteiger partial charge in [0.1, 0.15) is 11.2 Å². The highest BCUT2D eigenvalue weighted by Gasteiger charge is 2.29. The van der Waals surface area contributed by atoms with Crippen LogP contribution in [0.1, 0.15) is 45.6 Å². The minimum absolute atomic E-state index is 0.0425. The molecule has 4 N–H and O–H groups in total. The molecule has 1 saturated carbocycles. The Morgan fingerprint density at radius 2 is 1.84 bits per heavy atom. The SMILES string of the molecule is CC(C)Nc1ncc2nc(Nc3c(F)cc(Cl)cc3F)n([C@H]3CC[C@H](C(N)=O)CC3)c2n1. The normalized spacial score (nSPS) is 18.8. The average molecular weight is 464 g/mol. The van der Waals surface area contributed by atoms with Crippen molar-refractivity contribution in [2.45, 2.75) is 51.6 Å². The number of carbonyl (C=O) groups excluding carboxylic acids is 1. The molecule has 0 unspecified atom stereocenters. The maximum atomic E-state index is 14.5. The maximum Gasteiger partial charge on any atom is 0.224 e. The molecule has 0 saturated heterocycles. The maximum absolute atomic E-state index is 14.5. The van der Waals surface area contributed by atoms with Crippen LogP contribution in [-0.4, -0.2) is 31.5 Å². The van der Waals surface area contributed by atoms with Crippen molar-refractivity contribution in [1.82, 2.24) is 19.5 Å². The Balaban J connectivity index is 1.78. The number of carbonyl (C=O) groups is 1. The molecule has 1 aromatic carbocycles. The predicted molar refractivity (Wildman–Crippen MR) is 119 cm³/mol. The van der Waals surface area contributed by atoms with Gasteiger partial charge < -0.3 is 16.4 Å². The first-order valence-electron chi connectivity index (χ1n) is 10.4. The fourth-order valence-electron chi connectivity index (χ4n) is 4.04. The first-order chi connectivity index (χ1) is 15.2. The molecule has 2 heterocycles. The monoisotopic (exact) mass is 463 g/mol. The Bertz CT molecular complexity index is 1140. The number of fused-ring (bicyclic) bond motifs is 1. The lowest BCUT2D eigenvalue weighted by Crippen LogP contribution is -2.29. The van der Waals surface area contributed by atoms with E-state index in [1.807, 2.05) is 18.4 Å². The van der Waals surface area contributed by atoms with Crippen LogP contribution in [0.25, 0.3) is 11.2 Å². The lowest BCUT2D eigenvalue weighted by atomic mass is 9.85. The second-order valence-corrected chi connectivity index (χ2v) is 8.72. The second kappa shape index (κ2) is 8.85. The van der Waals surface area contributed by atoms with Gasteiger partial charge in [-0.05, 0) is 51.7 Å². The molecule has 3 aromatic rings. The van der Waals surface area contributed by atoms with Crippen molar-refractivity contribution >= 4 is 46.3 Å². The van der Waals surface area contributed by atoms with Crippen LogP contribution in [0, 0.1) is 17.6 Å². The van der Waals surface area contributed by atoms with E-state index in [1.165, 1.54) is 0 Å². The number of halogens is 3. The van der Waals surface area contributed by atoms with Crippen LogP contribution in [0.2, 0.25) is 5.02 Å². The van der Waals surface area contributed by atoms with E-state index < -0.39 is 11.6 Å². The standard InChI is InChI=1S/C21H24ClF2N7O/c1-10(2)27-20-26-9-16-19(30-20)31(13-5-3-11(4-6-13)18(25)32)21(28-16)29-17-14(23)7-12(22)8-15(17)24/h7-11,13H,3-6H2,1-2H3,(H2,25,32)(H,28,29)(H,26,27,30)/t11-,13-. The summed E-state index contributed by atoms with van der Waals surface area (Å²) in [6, 6.07) is 2.09.